The van der Waals surface area contributed by atoms with Gasteiger partial charge >= 0.3 is 0 Å². The van der Waals surface area contributed by atoms with Gasteiger partial charge in [-0.25, -0.2) is 0 Å². The van der Waals surface area contributed by atoms with E-state index in [1.54, 1.807) is 0 Å². The Bertz CT molecular complexity index is 153. The van der Waals surface area contributed by atoms with E-state index in [2.05, 4.69) is 13.8 Å². The van der Waals surface area contributed by atoms with Crippen LogP contribution >= 0.6 is 0 Å². The van der Waals surface area contributed by atoms with Gasteiger partial charge in [0.25, 0.3) is 0 Å². The lowest BCUT2D eigenvalue weighted by molar-refractivity contribution is 0.0453. The molecule has 1 aliphatic rings. The van der Waals surface area contributed by atoms with Crippen LogP contribution in [0.25, 0.3) is 0 Å². The third-order valence-corrected chi connectivity index (χ3v) is 3.54. The predicted molar refractivity (Wildman–Crippen MR) is 62.9 cm³/mol. The van der Waals surface area contributed by atoms with Crippen LogP contribution in [-0.2, 0) is 4.74 Å². The molecule has 2 nitrogen and oxygen atoms in total. The molecule has 1 heterocycles. The number of unbranched alkanes of at least 4 members (excludes halogenated alkanes) is 3. The van der Waals surface area contributed by atoms with Gasteiger partial charge in [0, 0.05) is 12.5 Å². The summed E-state index contributed by atoms with van der Waals surface area (Å²) in [4.78, 5) is 0. The maximum absolute atomic E-state index is 10.1. The van der Waals surface area contributed by atoms with E-state index in [4.69, 9.17) is 4.74 Å². The molecule has 3 unspecified atom stereocenters. The molecule has 0 saturated carbocycles. The molecule has 0 amide bonds. The highest BCUT2D eigenvalue weighted by molar-refractivity contribution is 4.76. The molecular formula is C13H26O2. The van der Waals surface area contributed by atoms with Crippen LogP contribution in [0.4, 0.5) is 0 Å². The van der Waals surface area contributed by atoms with Crippen molar-refractivity contribution in [1.29, 1.82) is 0 Å². The predicted octanol–water partition coefficient (Wildman–Crippen LogP) is 2.99. The van der Waals surface area contributed by atoms with Crippen molar-refractivity contribution in [3.8, 4) is 0 Å². The number of hydrogen-bond donors (Lipinski definition) is 1. The maximum Gasteiger partial charge on any atom is 0.0616 e. The van der Waals surface area contributed by atoms with Gasteiger partial charge in [-0.05, 0) is 18.8 Å². The van der Waals surface area contributed by atoms with Crippen LogP contribution < -0.4 is 0 Å². The Kier molecular flexibility index (Phi) is 6.26. The summed E-state index contributed by atoms with van der Waals surface area (Å²) in [5.74, 6) is 0.833. The van der Waals surface area contributed by atoms with Gasteiger partial charge in [-0.2, -0.15) is 0 Å². The van der Waals surface area contributed by atoms with Crippen LogP contribution in [0.2, 0.25) is 0 Å². The molecule has 0 aromatic heterocycles. The fourth-order valence-electron chi connectivity index (χ4n) is 2.35. The lowest BCUT2D eigenvalue weighted by Crippen LogP contribution is -2.27. The highest BCUT2D eigenvalue weighted by Crippen LogP contribution is 2.25. The van der Waals surface area contributed by atoms with Crippen molar-refractivity contribution in [2.24, 2.45) is 11.8 Å². The van der Waals surface area contributed by atoms with Crippen LogP contribution in [0.15, 0.2) is 0 Å². The molecule has 0 aromatic rings. The number of hydrogen-bond acceptors (Lipinski definition) is 2. The van der Waals surface area contributed by atoms with Gasteiger partial charge in [0.05, 0.1) is 12.7 Å². The van der Waals surface area contributed by atoms with Crippen LogP contribution in [0.5, 0.6) is 0 Å². The minimum absolute atomic E-state index is 0.144. The van der Waals surface area contributed by atoms with Gasteiger partial charge in [0.1, 0.15) is 0 Å². The summed E-state index contributed by atoms with van der Waals surface area (Å²) in [7, 11) is 0. The molecule has 1 aliphatic heterocycles. The van der Waals surface area contributed by atoms with Crippen molar-refractivity contribution in [2.75, 3.05) is 13.2 Å². The van der Waals surface area contributed by atoms with Crippen LogP contribution in [0.1, 0.15) is 52.4 Å². The first kappa shape index (κ1) is 13.0. The zero-order valence-corrected chi connectivity index (χ0v) is 10.2. The molecule has 2 heteroatoms. The fourth-order valence-corrected chi connectivity index (χ4v) is 2.35. The zero-order valence-electron chi connectivity index (χ0n) is 10.2. The molecule has 15 heavy (non-hydrogen) atoms. The molecule has 0 bridgehead atoms. The monoisotopic (exact) mass is 214 g/mol. The molecular weight excluding hydrogens is 188 g/mol. The lowest BCUT2D eigenvalue weighted by atomic mass is 9.88. The standard InChI is InChI=1S/C13H26O2/c1-3-4-5-6-7-11(2)13(14)12-8-9-15-10-12/h11-14H,3-10H2,1-2H3. The molecule has 0 spiro atoms. The number of rotatable bonds is 7. The van der Waals surface area contributed by atoms with Crippen molar-refractivity contribution in [1.82, 2.24) is 0 Å². The quantitative estimate of drug-likeness (QED) is 0.660. The fraction of sp³-hybridized carbons (Fsp3) is 1.00. The Hall–Kier alpha value is -0.0800. The number of aliphatic hydroxyl groups excluding tert-OH is 1. The van der Waals surface area contributed by atoms with E-state index in [1.807, 2.05) is 0 Å². The van der Waals surface area contributed by atoms with E-state index in [0.717, 1.165) is 26.1 Å². The smallest absolute Gasteiger partial charge is 0.0616 e. The van der Waals surface area contributed by atoms with E-state index < -0.39 is 0 Å². The van der Waals surface area contributed by atoms with Gasteiger partial charge in [-0.1, -0.05) is 39.5 Å². The van der Waals surface area contributed by atoms with Crippen LogP contribution in [0, 0.1) is 11.8 Å². The van der Waals surface area contributed by atoms with Crippen molar-refractivity contribution in [2.45, 2.75) is 58.5 Å². The van der Waals surface area contributed by atoms with E-state index in [9.17, 15) is 5.11 Å². The lowest BCUT2D eigenvalue weighted by Gasteiger charge is -2.23. The van der Waals surface area contributed by atoms with Gasteiger partial charge in [0.2, 0.25) is 0 Å². The second-order valence-corrected chi connectivity index (χ2v) is 4.94. The average Bonchev–Trinajstić information content (AvgIpc) is 2.76. The Labute approximate surface area is 94.0 Å². The summed E-state index contributed by atoms with van der Waals surface area (Å²) in [5, 5.41) is 10.1. The molecule has 1 fully saturated rings. The third kappa shape index (κ3) is 4.52. The highest BCUT2D eigenvalue weighted by atomic mass is 16.5. The molecule has 0 radical (unpaired) electrons. The van der Waals surface area contributed by atoms with E-state index in [0.29, 0.717) is 11.8 Å². The molecule has 1 rings (SSSR count). The Morgan fingerprint density at radius 3 is 2.73 bits per heavy atom. The average molecular weight is 214 g/mol. The van der Waals surface area contributed by atoms with E-state index in [1.165, 1.54) is 25.7 Å². The Morgan fingerprint density at radius 2 is 2.13 bits per heavy atom. The van der Waals surface area contributed by atoms with Crippen molar-refractivity contribution in [3.63, 3.8) is 0 Å². The maximum atomic E-state index is 10.1. The first-order valence-corrected chi connectivity index (χ1v) is 6.51. The molecule has 1 saturated heterocycles. The summed E-state index contributed by atoms with van der Waals surface area (Å²) in [6.45, 7) is 6.01. The highest BCUT2D eigenvalue weighted by Gasteiger charge is 2.27. The molecule has 0 aromatic carbocycles. The number of aliphatic hydroxyl groups is 1. The number of ether oxygens (including phenoxy) is 1. The molecule has 0 aliphatic carbocycles. The van der Waals surface area contributed by atoms with Crippen molar-refractivity contribution < 1.29 is 9.84 Å². The Morgan fingerprint density at radius 1 is 1.33 bits per heavy atom. The van der Waals surface area contributed by atoms with Gasteiger partial charge < -0.3 is 9.84 Å². The van der Waals surface area contributed by atoms with Crippen molar-refractivity contribution in [3.05, 3.63) is 0 Å². The zero-order chi connectivity index (χ0) is 11.1. The normalized spacial score (nSPS) is 25.4. The molecule has 1 N–H and O–H groups in total. The summed E-state index contributed by atoms with van der Waals surface area (Å²) >= 11 is 0. The first-order valence-electron chi connectivity index (χ1n) is 6.51. The van der Waals surface area contributed by atoms with Crippen molar-refractivity contribution >= 4 is 0 Å². The third-order valence-electron chi connectivity index (χ3n) is 3.54. The van der Waals surface area contributed by atoms with Crippen LogP contribution in [-0.4, -0.2) is 24.4 Å². The summed E-state index contributed by atoms with van der Waals surface area (Å²) in [5.41, 5.74) is 0. The van der Waals surface area contributed by atoms with E-state index in [-0.39, 0.29) is 6.10 Å². The van der Waals surface area contributed by atoms with Gasteiger partial charge in [0.15, 0.2) is 0 Å². The van der Waals surface area contributed by atoms with Gasteiger partial charge in [-0.3, -0.25) is 0 Å². The summed E-state index contributed by atoms with van der Waals surface area (Å²) < 4.78 is 5.31. The molecule has 3 atom stereocenters. The summed E-state index contributed by atoms with van der Waals surface area (Å²) in [6.07, 6.45) is 7.25. The molecule has 90 valence electrons. The van der Waals surface area contributed by atoms with Crippen LogP contribution in [0.3, 0.4) is 0 Å². The minimum atomic E-state index is -0.144. The largest absolute Gasteiger partial charge is 0.392 e. The second-order valence-electron chi connectivity index (χ2n) is 4.94. The minimum Gasteiger partial charge on any atom is -0.392 e. The summed E-state index contributed by atoms with van der Waals surface area (Å²) in [6, 6.07) is 0. The van der Waals surface area contributed by atoms with Gasteiger partial charge in [-0.15, -0.1) is 0 Å². The SMILES string of the molecule is CCCCCCC(C)C(O)C1CCOC1. The second kappa shape index (κ2) is 7.24. The topological polar surface area (TPSA) is 29.5 Å². The first-order chi connectivity index (χ1) is 7.25. The van der Waals surface area contributed by atoms with E-state index >= 15 is 0 Å². The Balaban J connectivity index is 2.11.